The van der Waals surface area contributed by atoms with Crippen LogP contribution in [0.3, 0.4) is 0 Å². The molecular weight excluding hydrogens is 242 g/mol. The molecule has 2 N–H and O–H groups in total. The summed E-state index contributed by atoms with van der Waals surface area (Å²) >= 11 is 0. The number of nitrogens with one attached hydrogen (secondary N) is 1. The highest BCUT2D eigenvalue weighted by molar-refractivity contribution is 5.78. The third kappa shape index (κ3) is 6.21. The van der Waals surface area contributed by atoms with Crippen LogP contribution in [0.15, 0.2) is 11.6 Å². The molecule has 108 valence electrons. The molecule has 4 nitrogen and oxygen atoms in total. The molecule has 0 heterocycles. The topological polar surface area (TPSA) is 58.6 Å². The highest BCUT2D eigenvalue weighted by Crippen LogP contribution is 2.28. The van der Waals surface area contributed by atoms with Gasteiger partial charge in [0.1, 0.15) is 0 Å². The molecule has 2 rings (SSSR count). The van der Waals surface area contributed by atoms with Crippen LogP contribution >= 0.6 is 0 Å². The Labute approximate surface area is 115 Å². The van der Waals surface area contributed by atoms with E-state index in [1.807, 2.05) is 0 Å². The van der Waals surface area contributed by atoms with Crippen molar-refractivity contribution in [2.24, 2.45) is 5.92 Å². The Morgan fingerprint density at radius 2 is 2.32 bits per heavy atom. The number of ether oxygens (including phenoxy) is 1. The second kappa shape index (κ2) is 7.65. The SMILES string of the molecule is O=C(CC1=CCCCC1)NCC(O)COCC1CC1. The highest BCUT2D eigenvalue weighted by Gasteiger charge is 2.21. The Kier molecular flexibility index (Phi) is 5.86. The van der Waals surface area contributed by atoms with Crippen molar-refractivity contribution in [2.45, 2.75) is 51.0 Å². The van der Waals surface area contributed by atoms with Gasteiger partial charge in [0, 0.05) is 19.6 Å². The molecule has 2 aliphatic carbocycles. The van der Waals surface area contributed by atoms with E-state index in [4.69, 9.17) is 4.74 Å². The van der Waals surface area contributed by atoms with Crippen molar-refractivity contribution in [2.75, 3.05) is 19.8 Å². The maximum Gasteiger partial charge on any atom is 0.224 e. The first-order valence-electron chi connectivity index (χ1n) is 7.44. The predicted molar refractivity (Wildman–Crippen MR) is 73.7 cm³/mol. The zero-order chi connectivity index (χ0) is 13.5. The Hall–Kier alpha value is -0.870. The zero-order valence-corrected chi connectivity index (χ0v) is 11.6. The molecule has 0 bridgehead atoms. The van der Waals surface area contributed by atoms with Crippen LogP contribution in [0.4, 0.5) is 0 Å². The molecule has 0 aromatic carbocycles. The van der Waals surface area contributed by atoms with E-state index < -0.39 is 6.10 Å². The number of rotatable bonds is 8. The Bertz CT molecular complexity index is 323. The lowest BCUT2D eigenvalue weighted by atomic mass is 9.97. The number of allylic oxidation sites excluding steroid dienone is 1. The van der Waals surface area contributed by atoms with Crippen LogP contribution in [-0.4, -0.2) is 36.9 Å². The summed E-state index contributed by atoms with van der Waals surface area (Å²) in [5.41, 5.74) is 1.24. The fourth-order valence-electron chi connectivity index (χ4n) is 2.28. The Balaban J connectivity index is 1.52. The van der Waals surface area contributed by atoms with Crippen molar-refractivity contribution < 1.29 is 14.6 Å². The van der Waals surface area contributed by atoms with E-state index in [2.05, 4.69) is 11.4 Å². The van der Waals surface area contributed by atoms with Gasteiger partial charge in [0.05, 0.1) is 12.7 Å². The molecule has 1 amide bonds. The number of amides is 1. The molecule has 0 aromatic heterocycles. The van der Waals surface area contributed by atoms with Crippen LogP contribution in [0.25, 0.3) is 0 Å². The summed E-state index contributed by atoms with van der Waals surface area (Å²) in [6.45, 7) is 1.36. The molecule has 1 unspecified atom stereocenters. The fourth-order valence-corrected chi connectivity index (χ4v) is 2.28. The molecule has 0 saturated heterocycles. The first-order chi connectivity index (χ1) is 9.24. The first-order valence-corrected chi connectivity index (χ1v) is 7.44. The number of hydrogen-bond acceptors (Lipinski definition) is 3. The normalized spacial score (nSPS) is 20.8. The molecule has 1 saturated carbocycles. The molecule has 2 aliphatic rings. The summed E-state index contributed by atoms with van der Waals surface area (Å²) < 4.78 is 5.39. The van der Waals surface area contributed by atoms with Gasteiger partial charge >= 0.3 is 0 Å². The van der Waals surface area contributed by atoms with Crippen LogP contribution in [0.1, 0.15) is 44.9 Å². The minimum atomic E-state index is -0.594. The number of carbonyl (C=O) groups is 1. The van der Waals surface area contributed by atoms with Crippen molar-refractivity contribution in [3.8, 4) is 0 Å². The summed E-state index contributed by atoms with van der Waals surface area (Å²) in [5, 5.41) is 12.5. The maximum atomic E-state index is 11.7. The van der Waals surface area contributed by atoms with Gasteiger partial charge in [0.2, 0.25) is 5.91 Å². The van der Waals surface area contributed by atoms with E-state index in [0.29, 0.717) is 18.9 Å². The molecule has 0 spiro atoms. The quantitative estimate of drug-likeness (QED) is 0.659. The van der Waals surface area contributed by atoms with Gasteiger partial charge in [-0.25, -0.2) is 0 Å². The summed E-state index contributed by atoms with van der Waals surface area (Å²) in [6, 6.07) is 0. The second-order valence-electron chi connectivity index (χ2n) is 5.72. The molecule has 0 radical (unpaired) electrons. The van der Waals surface area contributed by atoms with Crippen molar-refractivity contribution in [3.05, 3.63) is 11.6 Å². The standard InChI is InChI=1S/C15H25NO3/c17-14(11-19-10-13-6-7-13)9-16-15(18)8-12-4-2-1-3-5-12/h4,13-14,17H,1-3,5-11H2,(H,16,18). The van der Waals surface area contributed by atoms with Gasteiger partial charge in [-0.3, -0.25) is 4.79 Å². The highest BCUT2D eigenvalue weighted by atomic mass is 16.5. The number of aliphatic hydroxyl groups excluding tert-OH is 1. The van der Waals surface area contributed by atoms with Crippen LogP contribution in [-0.2, 0) is 9.53 Å². The van der Waals surface area contributed by atoms with Crippen LogP contribution in [0.5, 0.6) is 0 Å². The molecule has 19 heavy (non-hydrogen) atoms. The average molecular weight is 267 g/mol. The van der Waals surface area contributed by atoms with Crippen molar-refractivity contribution >= 4 is 5.91 Å². The smallest absolute Gasteiger partial charge is 0.224 e. The van der Waals surface area contributed by atoms with Gasteiger partial charge in [0.15, 0.2) is 0 Å². The third-order valence-corrected chi connectivity index (χ3v) is 3.67. The minimum absolute atomic E-state index is 0.00870. The van der Waals surface area contributed by atoms with Gasteiger partial charge in [-0.2, -0.15) is 0 Å². The van der Waals surface area contributed by atoms with Crippen LogP contribution < -0.4 is 5.32 Å². The summed E-state index contributed by atoms with van der Waals surface area (Å²) in [5.74, 6) is 0.717. The van der Waals surface area contributed by atoms with Gasteiger partial charge in [-0.1, -0.05) is 11.6 Å². The van der Waals surface area contributed by atoms with E-state index >= 15 is 0 Å². The maximum absolute atomic E-state index is 11.7. The molecular formula is C15H25NO3. The Morgan fingerprint density at radius 3 is 3.00 bits per heavy atom. The molecule has 4 heteroatoms. The second-order valence-corrected chi connectivity index (χ2v) is 5.72. The summed E-state index contributed by atoms with van der Waals surface area (Å²) in [4.78, 5) is 11.7. The van der Waals surface area contributed by atoms with Crippen molar-refractivity contribution in [1.82, 2.24) is 5.32 Å². The lowest BCUT2D eigenvalue weighted by Crippen LogP contribution is -2.34. The third-order valence-electron chi connectivity index (χ3n) is 3.67. The fraction of sp³-hybridized carbons (Fsp3) is 0.800. The van der Waals surface area contributed by atoms with Crippen molar-refractivity contribution in [1.29, 1.82) is 0 Å². The van der Waals surface area contributed by atoms with E-state index in [-0.39, 0.29) is 12.5 Å². The largest absolute Gasteiger partial charge is 0.389 e. The monoisotopic (exact) mass is 267 g/mol. The first kappa shape index (κ1) is 14.5. The van der Waals surface area contributed by atoms with Gasteiger partial charge in [-0.05, 0) is 44.4 Å². The van der Waals surface area contributed by atoms with Gasteiger partial charge in [-0.15, -0.1) is 0 Å². The van der Waals surface area contributed by atoms with E-state index in [1.54, 1.807) is 0 Å². The summed E-state index contributed by atoms with van der Waals surface area (Å²) in [7, 11) is 0. The van der Waals surface area contributed by atoms with Gasteiger partial charge < -0.3 is 15.2 Å². The van der Waals surface area contributed by atoms with Crippen LogP contribution in [0.2, 0.25) is 0 Å². The summed E-state index contributed by atoms with van der Waals surface area (Å²) in [6.07, 6.45) is 9.14. The lowest BCUT2D eigenvalue weighted by molar-refractivity contribution is -0.121. The van der Waals surface area contributed by atoms with Crippen molar-refractivity contribution in [3.63, 3.8) is 0 Å². The average Bonchev–Trinajstić information content (AvgIpc) is 3.22. The molecule has 1 atom stereocenters. The Morgan fingerprint density at radius 1 is 1.47 bits per heavy atom. The molecule has 0 aliphatic heterocycles. The van der Waals surface area contributed by atoms with E-state index in [1.165, 1.54) is 31.3 Å². The predicted octanol–water partition coefficient (Wildman–Crippen LogP) is 1.78. The number of hydrogen-bond donors (Lipinski definition) is 2. The molecule has 1 fully saturated rings. The number of aliphatic hydroxyl groups is 1. The number of carbonyl (C=O) groups excluding carboxylic acids is 1. The molecule has 0 aromatic rings. The van der Waals surface area contributed by atoms with E-state index in [9.17, 15) is 9.90 Å². The zero-order valence-electron chi connectivity index (χ0n) is 11.6. The van der Waals surface area contributed by atoms with Crippen LogP contribution in [0, 0.1) is 5.92 Å². The van der Waals surface area contributed by atoms with Gasteiger partial charge in [0.25, 0.3) is 0 Å². The van der Waals surface area contributed by atoms with E-state index in [0.717, 1.165) is 19.4 Å². The minimum Gasteiger partial charge on any atom is -0.389 e. The lowest BCUT2D eigenvalue weighted by Gasteiger charge is -2.14.